The van der Waals surface area contributed by atoms with Crippen LogP contribution in [0.2, 0.25) is 0 Å². The smallest absolute Gasteiger partial charge is 0.255 e. The van der Waals surface area contributed by atoms with Gasteiger partial charge in [-0.25, -0.2) is 9.37 Å². The minimum absolute atomic E-state index is 0.0897. The Balaban J connectivity index is 2.02. The molecule has 2 nitrogen and oxygen atoms in total. The Morgan fingerprint density at radius 2 is 1.81 bits per heavy atom. The van der Waals surface area contributed by atoms with Gasteiger partial charge in [0, 0.05) is 6.20 Å². The van der Waals surface area contributed by atoms with E-state index in [0.717, 1.165) is 5.56 Å². The third-order valence-electron chi connectivity index (χ3n) is 2.03. The van der Waals surface area contributed by atoms with E-state index >= 15 is 0 Å². The zero-order valence-corrected chi connectivity index (χ0v) is 8.36. The standard InChI is InChI=1S/C12H9F2NO/c13-10-5-3-9(4-6-10)8-16-11-2-1-7-15-12(11)14/h1-7H,8H2. The summed E-state index contributed by atoms with van der Waals surface area (Å²) in [5.41, 5.74) is 0.768. The van der Waals surface area contributed by atoms with Gasteiger partial charge in [0.1, 0.15) is 12.4 Å². The highest BCUT2D eigenvalue weighted by atomic mass is 19.1. The molecular formula is C12H9F2NO. The van der Waals surface area contributed by atoms with Gasteiger partial charge in [0.2, 0.25) is 0 Å². The zero-order chi connectivity index (χ0) is 11.4. The second-order valence-electron chi connectivity index (χ2n) is 3.21. The van der Waals surface area contributed by atoms with Crippen molar-refractivity contribution < 1.29 is 13.5 Å². The first-order valence-electron chi connectivity index (χ1n) is 4.73. The molecule has 0 bridgehead atoms. The molecule has 0 amide bonds. The van der Waals surface area contributed by atoms with Crippen molar-refractivity contribution >= 4 is 0 Å². The Bertz CT molecular complexity index is 471. The largest absolute Gasteiger partial charge is 0.484 e. The van der Waals surface area contributed by atoms with Gasteiger partial charge in [-0.1, -0.05) is 12.1 Å². The number of nitrogens with zero attached hydrogens (tertiary/aromatic N) is 1. The maximum absolute atomic E-state index is 13.1. The molecule has 1 aromatic carbocycles. The van der Waals surface area contributed by atoms with Crippen molar-refractivity contribution in [1.29, 1.82) is 0 Å². The molecule has 0 atom stereocenters. The van der Waals surface area contributed by atoms with Crippen LogP contribution in [0.3, 0.4) is 0 Å². The monoisotopic (exact) mass is 221 g/mol. The lowest BCUT2D eigenvalue weighted by molar-refractivity contribution is 0.286. The van der Waals surface area contributed by atoms with Crippen LogP contribution >= 0.6 is 0 Å². The van der Waals surface area contributed by atoms with Gasteiger partial charge in [-0.05, 0) is 29.8 Å². The highest BCUT2D eigenvalue weighted by Gasteiger charge is 2.03. The lowest BCUT2D eigenvalue weighted by Crippen LogP contribution is -1.98. The molecule has 0 fully saturated rings. The molecule has 2 rings (SSSR count). The third kappa shape index (κ3) is 2.53. The van der Waals surface area contributed by atoms with Gasteiger partial charge < -0.3 is 4.74 Å². The number of rotatable bonds is 3. The molecule has 0 spiro atoms. The van der Waals surface area contributed by atoms with Crippen LogP contribution in [0.4, 0.5) is 8.78 Å². The Morgan fingerprint density at radius 3 is 2.50 bits per heavy atom. The summed E-state index contributed by atoms with van der Waals surface area (Å²) in [6, 6.07) is 8.92. The van der Waals surface area contributed by atoms with E-state index < -0.39 is 5.95 Å². The fourth-order valence-corrected chi connectivity index (χ4v) is 1.22. The lowest BCUT2D eigenvalue weighted by atomic mass is 10.2. The SMILES string of the molecule is Fc1ccc(COc2cccnc2F)cc1. The molecule has 0 saturated carbocycles. The van der Waals surface area contributed by atoms with Crippen molar-refractivity contribution in [3.8, 4) is 5.75 Å². The number of aromatic nitrogens is 1. The summed E-state index contributed by atoms with van der Waals surface area (Å²) < 4.78 is 30.9. The molecule has 82 valence electrons. The second kappa shape index (κ2) is 4.70. The van der Waals surface area contributed by atoms with Crippen molar-refractivity contribution in [3.05, 3.63) is 59.9 Å². The summed E-state index contributed by atoms with van der Waals surface area (Å²) >= 11 is 0. The van der Waals surface area contributed by atoms with Crippen LogP contribution in [-0.4, -0.2) is 4.98 Å². The first-order valence-corrected chi connectivity index (χ1v) is 4.73. The Morgan fingerprint density at radius 1 is 1.06 bits per heavy atom. The maximum Gasteiger partial charge on any atom is 0.255 e. The van der Waals surface area contributed by atoms with Crippen molar-refractivity contribution in [3.63, 3.8) is 0 Å². The van der Waals surface area contributed by atoms with E-state index in [1.807, 2.05) is 0 Å². The van der Waals surface area contributed by atoms with E-state index in [-0.39, 0.29) is 18.2 Å². The van der Waals surface area contributed by atoms with Gasteiger partial charge in [-0.3, -0.25) is 0 Å². The molecule has 0 aliphatic carbocycles. The summed E-state index contributed by atoms with van der Waals surface area (Å²) in [5, 5.41) is 0. The first kappa shape index (κ1) is 10.5. The van der Waals surface area contributed by atoms with Gasteiger partial charge in [0.25, 0.3) is 5.95 Å². The summed E-state index contributed by atoms with van der Waals surface area (Å²) in [6.45, 7) is 0.183. The number of pyridine rings is 1. The Kier molecular flexibility index (Phi) is 3.10. The minimum Gasteiger partial charge on any atom is -0.484 e. The fourth-order valence-electron chi connectivity index (χ4n) is 1.22. The predicted molar refractivity (Wildman–Crippen MR) is 54.9 cm³/mol. The van der Waals surface area contributed by atoms with E-state index in [9.17, 15) is 8.78 Å². The van der Waals surface area contributed by atoms with Crippen LogP contribution < -0.4 is 4.74 Å². The summed E-state index contributed by atoms with van der Waals surface area (Å²) in [7, 11) is 0. The fraction of sp³-hybridized carbons (Fsp3) is 0.0833. The van der Waals surface area contributed by atoms with Crippen molar-refractivity contribution in [2.45, 2.75) is 6.61 Å². The highest BCUT2D eigenvalue weighted by Crippen LogP contribution is 2.15. The van der Waals surface area contributed by atoms with Crippen LogP contribution in [0.25, 0.3) is 0 Å². The number of hydrogen-bond acceptors (Lipinski definition) is 2. The molecule has 4 heteroatoms. The van der Waals surface area contributed by atoms with Crippen molar-refractivity contribution in [2.24, 2.45) is 0 Å². The molecule has 0 N–H and O–H groups in total. The second-order valence-corrected chi connectivity index (χ2v) is 3.21. The average Bonchev–Trinajstić information content (AvgIpc) is 2.30. The molecule has 0 radical (unpaired) electrons. The van der Waals surface area contributed by atoms with E-state index in [2.05, 4.69) is 4.98 Å². The summed E-state index contributed by atoms with van der Waals surface area (Å²) in [5.74, 6) is -0.868. The predicted octanol–water partition coefficient (Wildman–Crippen LogP) is 2.94. The van der Waals surface area contributed by atoms with Gasteiger partial charge in [0.05, 0.1) is 0 Å². The molecule has 0 aliphatic heterocycles. The number of hydrogen-bond donors (Lipinski definition) is 0. The summed E-state index contributed by atoms with van der Waals surface area (Å²) in [4.78, 5) is 3.45. The van der Waals surface area contributed by atoms with Gasteiger partial charge in [-0.15, -0.1) is 0 Å². The minimum atomic E-state index is -0.649. The molecule has 16 heavy (non-hydrogen) atoms. The average molecular weight is 221 g/mol. The van der Waals surface area contributed by atoms with Gasteiger partial charge in [-0.2, -0.15) is 4.39 Å². The van der Waals surface area contributed by atoms with Crippen molar-refractivity contribution in [1.82, 2.24) is 4.98 Å². The zero-order valence-electron chi connectivity index (χ0n) is 8.36. The number of halogens is 2. The Hall–Kier alpha value is -1.97. The van der Waals surface area contributed by atoms with Crippen LogP contribution in [0, 0.1) is 11.8 Å². The van der Waals surface area contributed by atoms with Crippen LogP contribution in [0.1, 0.15) is 5.56 Å². The van der Waals surface area contributed by atoms with Crippen molar-refractivity contribution in [2.75, 3.05) is 0 Å². The van der Waals surface area contributed by atoms with Gasteiger partial charge in [0.15, 0.2) is 5.75 Å². The van der Waals surface area contributed by atoms with Crippen LogP contribution in [0.5, 0.6) is 5.75 Å². The molecule has 0 unspecified atom stereocenters. The molecule has 0 aliphatic rings. The summed E-state index contributed by atoms with van der Waals surface area (Å²) in [6.07, 6.45) is 1.35. The highest BCUT2D eigenvalue weighted by molar-refractivity contribution is 5.20. The Labute approximate surface area is 91.5 Å². The van der Waals surface area contributed by atoms with Crippen LogP contribution in [0.15, 0.2) is 42.6 Å². The third-order valence-corrected chi connectivity index (χ3v) is 2.03. The lowest BCUT2D eigenvalue weighted by Gasteiger charge is -2.06. The van der Waals surface area contributed by atoms with E-state index in [0.29, 0.717) is 0 Å². The first-order chi connectivity index (χ1) is 7.75. The number of benzene rings is 1. The molecule has 2 aromatic rings. The topological polar surface area (TPSA) is 22.1 Å². The van der Waals surface area contributed by atoms with E-state index in [1.54, 1.807) is 18.2 Å². The quantitative estimate of drug-likeness (QED) is 0.743. The van der Waals surface area contributed by atoms with E-state index in [4.69, 9.17) is 4.74 Å². The van der Waals surface area contributed by atoms with E-state index in [1.165, 1.54) is 24.4 Å². The van der Waals surface area contributed by atoms with Gasteiger partial charge >= 0.3 is 0 Å². The maximum atomic E-state index is 13.1. The number of ether oxygens (including phenoxy) is 1. The normalized spacial score (nSPS) is 10.1. The van der Waals surface area contributed by atoms with Crippen LogP contribution in [-0.2, 0) is 6.61 Å². The molecule has 1 aromatic heterocycles. The molecular weight excluding hydrogens is 212 g/mol. The molecule has 0 saturated heterocycles. The molecule has 1 heterocycles.